The van der Waals surface area contributed by atoms with Crippen molar-refractivity contribution < 1.29 is 9.53 Å². The summed E-state index contributed by atoms with van der Waals surface area (Å²) in [7, 11) is 0. The lowest BCUT2D eigenvalue weighted by molar-refractivity contribution is 0.101. The van der Waals surface area contributed by atoms with Crippen LogP contribution in [-0.2, 0) is 6.61 Å². The first-order chi connectivity index (χ1) is 9.09. The van der Waals surface area contributed by atoms with Gasteiger partial charge in [0.25, 0.3) is 0 Å². The summed E-state index contributed by atoms with van der Waals surface area (Å²) in [5, 5.41) is 0.505. The van der Waals surface area contributed by atoms with E-state index in [-0.39, 0.29) is 15.8 Å². The second kappa shape index (κ2) is 6.09. The molecule has 0 aliphatic heterocycles. The van der Waals surface area contributed by atoms with Crippen molar-refractivity contribution >= 4 is 29.0 Å². The highest BCUT2D eigenvalue weighted by Gasteiger charge is 2.13. The second-order valence-electron chi connectivity index (χ2n) is 4.07. The number of benzene rings is 2. The van der Waals surface area contributed by atoms with Crippen molar-refractivity contribution in [1.82, 2.24) is 0 Å². The minimum atomic E-state index is -0.124. The van der Waals surface area contributed by atoms with Gasteiger partial charge in [0.15, 0.2) is 5.78 Å². The summed E-state index contributed by atoms with van der Waals surface area (Å²) in [5.74, 6) is 0.349. The fourth-order valence-electron chi connectivity index (χ4n) is 1.65. The number of rotatable bonds is 4. The lowest BCUT2D eigenvalue weighted by Crippen LogP contribution is -1.99. The Hall–Kier alpha value is -1.51. The highest BCUT2D eigenvalue weighted by Crippen LogP contribution is 2.35. The van der Waals surface area contributed by atoms with Crippen molar-refractivity contribution in [2.24, 2.45) is 0 Å². The van der Waals surface area contributed by atoms with Crippen molar-refractivity contribution in [3.8, 4) is 5.75 Å². The standard InChI is InChI=1S/C15H12Cl2O2/c1-10(18)12-7-8-13(15(17)14(12)16)19-9-11-5-3-2-4-6-11/h2-8H,9H2,1H3. The molecule has 0 N–H and O–H groups in total. The Labute approximate surface area is 121 Å². The molecule has 0 aliphatic carbocycles. The van der Waals surface area contributed by atoms with Gasteiger partial charge in [-0.25, -0.2) is 0 Å². The van der Waals surface area contributed by atoms with Gasteiger partial charge in [0.2, 0.25) is 0 Å². The Kier molecular flexibility index (Phi) is 4.46. The number of halogens is 2. The van der Waals surface area contributed by atoms with Crippen molar-refractivity contribution in [2.45, 2.75) is 13.5 Å². The molecular formula is C15H12Cl2O2. The zero-order valence-electron chi connectivity index (χ0n) is 10.3. The molecule has 2 rings (SSSR count). The van der Waals surface area contributed by atoms with Gasteiger partial charge >= 0.3 is 0 Å². The van der Waals surface area contributed by atoms with Crippen molar-refractivity contribution in [2.75, 3.05) is 0 Å². The third-order valence-electron chi connectivity index (χ3n) is 2.66. The molecule has 0 heterocycles. The first kappa shape index (κ1) is 13.9. The third kappa shape index (κ3) is 3.28. The average Bonchev–Trinajstić information content (AvgIpc) is 2.41. The third-order valence-corrected chi connectivity index (χ3v) is 3.53. The Morgan fingerprint density at radius 2 is 1.74 bits per heavy atom. The smallest absolute Gasteiger partial charge is 0.161 e. The Bertz CT molecular complexity index is 595. The number of carbonyl (C=O) groups excluding carboxylic acids is 1. The first-order valence-electron chi connectivity index (χ1n) is 5.75. The highest BCUT2D eigenvalue weighted by molar-refractivity contribution is 6.44. The van der Waals surface area contributed by atoms with Crippen molar-refractivity contribution in [1.29, 1.82) is 0 Å². The van der Waals surface area contributed by atoms with Crippen LogP contribution in [0.15, 0.2) is 42.5 Å². The Balaban J connectivity index is 2.18. The molecule has 2 aromatic carbocycles. The van der Waals surface area contributed by atoms with Gasteiger partial charge < -0.3 is 4.74 Å². The number of ether oxygens (including phenoxy) is 1. The first-order valence-corrected chi connectivity index (χ1v) is 6.51. The molecule has 0 spiro atoms. The van der Waals surface area contributed by atoms with Gasteiger partial charge in [-0.15, -0.1) is 0 Å². The van der Waals surface area contributed by atoms with Gasteiger partial charge in [0.05, 0.1) is 5.02 Å². The zero-order chi connectivity index (χ0) is 13.8. The molecule has 0 aromatic heterocycles. The van der Waals surface area contributed by atoms with Gasteiger partial charge in [-0.1, -0.05) is 53.5 Å². The Morgan fingerprint density at radius 1 is 1.05 bits per heavy atom. The monoisotopic (exact) mass is 294 g/mol. The molecule has 0 amide bonds. The number of Topliss-reactive ketones (excluding diaryl/α,β-unsaturated/α-hetero) is 1. The summed E-state index contributed by atoms with van der Waals surface area (Å²) in [5.41, 5.74) is 1.43. The molecule has 4 heteroatoms. The average molecular weight is 295 g/mol. The molecule has 2 nitrogen and oxygen atoms in total. The maximum Gasteiger partial charge on any atom is 0.161 e. The van der Waals surface area contributed by atoms with Crippen molar-refractivity contribution in [3.05, 3.63) is 63.6 Å². The molecular weight excluding hydrogens is 283 g/mol. The highest BCUT2D eigenvalue weighted by atomic mass is 35.5. The van der Waals surface area contributed by atoms with E-state index in [4.69, 9.17) is 27.9 Å². The van der Waals surface area contributed by atoms with E-state index < -0.39 is 0 Å². The predicted molar refractivity (Wildman–Crippen MR) is 77.2 cm³/mol. The quantitative estimate of drug-likeness (QED) is 0.759. The van der Waals surface area contributed by atoms with E-state index in [0.29, 0.717) is 17.9 Å². The van der Waals surface area contributed by atoms with Gasteiger partial charge in [0.1, 0.15) is 17.4 Å². The van der Waals surface area contributed by atoms with Crippen LogP contribution in [-0.4, -0.2) is 5.78 Å². The lowest BCUT2D eigenvalue weighted by atomic mass is 10.1. The molecule has 0 fully saturated rings. The van der Waals surface area contributed by atoms with Crippen molar-refractivity contribution in [3.63, 3.8) is 0 Å². The van der Waals surface area contributed by atoms with Crippen LogP contribution < -0.4 is 4.74 Å². The number of hydrogen-bond donors (Lipinski definition) is 0. The van der Waals surface area contributed by atoms with E-state index in [1.165, 1.54) is 6.92 Å². The predicted octanol–water partition coefficient (Wildman–Crippen LogP) is 4.78. The topological polar surface area (TPSA) is 26.3 Å². The molecule has 2 aromatic rings. The van der Waals surface area contributed by atoms with E-state index in [2.05, 4.69) is 0 Å². The van der Waals surface area contributed by atoms with Gasteiger partial charge in [-0.3, -0.25) is 4.79 Å². The fourth-order valence-corrected chi connectivity index (χ4v) is 2.16. The second-order valence-corrected chi connectivity index (χ2v) is 4.83. The summed E-state index contributed by atoms with van der Waals surface area (Å²) in [6, 6.07) is 13.0. The number of carbonyl (C=O) groups is 1. The van der Waals surface area contributed by atoms with E-state index >= 15 is 0 Å². The van der Waals surface area contributed by atoms with E-state index in [0.717, 1.165) is 5.56 Å². The Morgan fingerprint density at radius 3 is 2.37 bits per heavy atom. The molecule has 0 radical (unpaired) electrons. The van der Waals surface area contributed by atoms with Crippen LogP contribution in [0.5, 0.6) is 5.75 Å². The van der Waals surface area contributed by atoms with Crippen LogP contribution >= 0.6 is 23.2 Å². The normalized spacial score (nSPS) is 10.3. The van der Waals surface area contributed by atoms with Crippen LogP contribution in [0.4, 0.5) is 0 Å². The number of hydrogen-bond acceptors (Lipinski definition) is 2. The van der Waals surface area contributed by atoms with Crippen LogP contribution in [0.2, 0.25) is 10.0 Å². The van der Waals surface area contributed by atoms with E-state index in [1.54, 1.807) is 12.1 Å². The molecule has 0 atom stereocenters. The largest absolute Gasteiger partial charge is 0.487 e. The maximum atomic E-state index is 11.3. The SMILES string of the molecule is CC(=O)c1ccc(OCc2ccccc2)c(Cl)c1Cl. The molecule has 0 bridgehead atoms. The molecule has 0 saturated heterocycles. The molecule has 0 aliphatic rings. The number of ketones is 1. The van der Waals surface area contributed by atoms with Crippen LogP contribution in [0, 0.1) is 0 Å². The van der Waals surface area contributed by atoms with Gasteiger partial charge in [0, 0.05) is 5.56 Å². The summed E-state index contributed by atoms with van der Waals surface area (Å²) < 4.78 is 5.61. The molecule has 98 valence electrons. The van der Waals surface area contributed by atoms with E-state index in [9.17, 15) is 4.79 Å². The lowest BCUT2D eigenvalue weighted by Gasteiger charge is -2.10. The van der Waals surface area contributed by atoms with Crippen LogP contribution in [0.3, 0.4) is 0 Å². The summed E-state index contributed by atoms with van der Waals surface area (Å²) in [6.07, 6.45) is 0. The minimum Gasteiger partial charge on any atom is -0.487 e. The van der Waals surface area contributed by atoms with Crippen LogP contribution in [0.1, 0.15) is 22.8 Å². The summed E-state index contributed by atoms with van der Waals surface area (Å²) in [4.78, 5) is 11.3. The van der Waals surface area contributed by atoms with Crippen LogP contribution in [0.25, 0.3) is 0 Å². The maximum absolute atomic E-state index is 11.3. The molecule has 0 unspecified atom stereocenters. The van der Waals surface area contributed by atoms with Gasteiger partial charge in [-0.2, -0.15) is 0 Å². The van der Waals surface area contributed by atoms with Gasteiger partial charge in [-0.05, 0) is 24.6 Å². The van der Waals surface area contributed by atoms with E-state index in [1.807, 2.05) is 30.3 Å². The fraction of sp³-hybridized carbons (Fsp3) is 0.133. The molecule has 0 saturated carbocycles. The minimum absolute atomic E-state index is 0.124. The summed E-state index contributed by atoms with van der Waals surface area (Å²) in [6.45, 7) is 1.85. The zero-order valence-corrected chi connectivity index (χ0v) is 11.8. The summed E-state index contributed by atoms with van der Waals surface area (Å²) >= 11 is 12.1. The molecule has 19 heavy (non-hydrogen) atoms.